The lowest BCUT2D eigenvalue weighted by atomic mass is 10.2. The molecule has 0 radical (unpaired) electrons. The molecule has 0 spiro atoms. The minimum Gasteiger partial charge on any atom is -0.489 e. The van der Waals surface area contributed by atoms with Crippen molar-refractivity contribution in [1.82, 2.24) is 10.6 Å². The fraction of sp³-hybridized carbons (Fsp3) is 0.562. The summed E-state index contributed by atoms with van der Waals surface area (Å²) < 4.78 is 5.87. The lowest BCUT2D eigenvalue weighted by molar-refractivity contribution is 0.223. The van der Waals surface area contributed by atoms with E-state index in [4.69, 9.17) is 4.74 Å². The van der Waals surface area contributed by atoms with Crippen molar-refractivity contribution < 1.29 is 4.74 Å². The van der Waals surface area contributed by atoms with Crippen LogP contribution in [0.25, 0.3) is 0 Å². The number of aryl methyl sites for hydroxylation is 1. The quantitative estimate of drug-likeness (QED) is 0.620. The molecule has 0 aliphatic rings. The normalized spacial score (nSPS) is 13.2. The van der Waals surface area contributed by atoms with E-state index in [2.05, 4.69) is 42.5 Å². The third-order valence-electron chi connectivity index (χ3n) is 2.79. The van der Waals surface area contributed by atoms with Gasteiger partial charge in [0.05, 0.1) is 6.54 Å². The summed E-state index contributed by atoms with van der Waals surface area (Å²) in [6, 6.07) is 8.10. The van der Waals surface area contributed by atoms with E-state index in [0.29, 0.717) is 12.5 Å². The first-order valence-electron chi connectivity index (χ1n) is 7.19. The van der Waals surface area contributed by atoms with E-state index in [1.807, 2.05) is 25.1 Å². The molecule has 1 unspecified atom stereocenters. The summed E-state index contributed by atoms with van der Waals surface area (Å²) in [5.41, 5.74) is 1.21. The smallest absolute Gasteiger partial charge is 0.191 e. The SMILES string of the molecule is CN=C(NCC(C)C)NCC(C)Oc1cccc(C)c1. The van der Waals surface area contributed by atoms with Crippen LogP contribution in [-0.4, -0.2) is 32.2 Å². The average molecular weight is 277 g/mol. The van der Waals surface area contributed by atoms with Crippen LogP contribution in [0.2, 0.25) is 0 Å². The van der Waals surface area contributed by atoms with Crippen molar-refractivity contribution in [2.75, 3.05) is 20.1 Å². The van der Waals surface area contributed by atoms with E-state index in [9.17, 15) is 0 Å². The van der Waals surface area contributed by atoms with Crippen molar-refractivity contribution in [3.8, 4) is 5.75 Å². The second kappa shape index (κ2) is 8.46. The molecular formula is C16H27N3O. The largest absolute Gasteiger partial charge is 0.489 e. The van der Waals surface area contributed by atoms with Crippen LogP contribution in [0.1, 0.15) is 26.3 Å². The lowest BCUT2D eigenvalue weighted by Gasteiger charge is -2.18. The molecule has 1 rings (SSSR count). The number of nitrogens with one attached hydrogen (secondary N) is 2. The number of benzene rings is 1. The van der Waals surface area contributed by atoms with Gasteiger partial charge >= 0.3 is 0 Å². The molecule has 0 fully saturated rings. The first-order valence-corrected chi connectivity index (χ1v) is 7.19. The Morgan fingerprint density at radius 2 is 1.90 bits per heavy atom. The molecule has 2 N–H and O–H groups in total. The van der Waals surface area contributed by atoms with Crippen molar-refractivity contribution in [3.05, 3.63) is 29.8 Å². The van der Waals surface area contributed by atoms with Crippen molar-refractivity contribution in [1.29, 1.82) is 0 Å². The summed E-state index contributed by atoms with van der Waals surface area (Å²) in [5, 5.41) is 6.55. The van der Waals surface area contributed by atoms with Gasteiger partial charge in [-0.15, -0.1) is 0 Å². The van der Waals surface area contributed by atoms with Crippen LogP contribution in [0, 0.1) is 12.8 Å². The first kappa shape index (κ1) is 16.3. The van der Waals surface area contributed by atoms with Crippen LogP contribution < -0.4 is 15.4 Å². The number of aliphatic imine (C=N–C) groups is 1. The molecule has 0 aliphatic carbocycles. The number of guanidine groups is 1. The maximum atomic E-state index is 5.87. The number of hydrogen-bond acceptors (Lipinski definition) is 2. The third-order valence-corrected chi connectivity index (χ3v) is 2.79. The topological polar surface area (TPSA) is 45.7 Å². The van der Waals surface area contributed by atoms with Gasteiger partial charge in [-0.25, -0.2) is 0 Å². The van der Waals surface area contributed by atoms with Crippen molar-refractivity contribution in [2.45, 2.75) is 33.8 Å². The second-order valence-electron chi connectivity index (χ2n) is 5.47. The van der Waals surface area contributed by atoms with E-state index in [1.165, 1.54) is 5.56 Å². The number of nitrogens with zero attached hydrogens (tertiary/aromatic N) is 1. The van der Waals surface area contributed by atoms with Gasteiger partial charge in [-0.3, -0.25) is 4.99 Å². The Hall–Kier alpha value is -1.71. The molecule has 0 bridgehead atoms. The van der Waals surface area contributed by atoms with E-state index in [-0.39, 0.29) is 6.10 Å². The van der Waals surface area contributed by atoms with E-state index < -0.39 is 0 Å². The standard InChI is InChI=1S/C16H27N3O/c1-12(2)10-18-16(17-5)19-11-14(4)20-15-8-6-7-13(3)9-15/h6-9,12,14H,10-11H2,1-5H3,(H2,17,18,19). The molecule has 112 valence electrons. The average Bonchev–Trinajstić information content (AvgIpc) is 2.38. The summed E-state index contributed by atoms with van der Waals surface area (Å²) in [7, 11) is 1.78. The van der Waals surface area contributed by atoms with Crippen LogP contribution in [0.15, 0.2) is 29.3 Å². The molecule has 1 aromatic carbocycles. The van der Waals surface area contributed by atoms with Gasteiger partial charge in [0, 0.05) is 13.6 Å². The Labute approximate surface area is 122 Å². The number of rotatable bonds is 6. The third kappa shape index (κ3) is 6.45. The fourth-order valence-electron chi connectivity index (χ4n) is 1.72. The highest BCUT2D eigenvalue weighted by Gasteiger charge is 2.06. The lowest BCUT2D eigenvalue weighted by Crippen LogP contribution is -2.42. The van der Waals surface area contributed by atoms with Gasteiger partial charge in [-0.05, 0) is 37.5 Å². The number of ether oxygens (including phenoxy) is 1. The van der Waals surface area contributed by atoms with Gasteiger partial charge in [0.1, 0.15) is 11.9 Å². The van der Waals surface area contributed by atoms with Crippen molar-refractivity contribution in [2.24, 2.45) is 10.9 Å². The van der Waals surface area contributed by atoms with Crippen molar-refractivity contribution in [3.63, 3.8) is 0 Å². The minimum absolute atomic E-state index is 0.0781. The maximum Gasteiger partial charge on any atom is 0.191 e. The van der Waals surface area contributed by atoms with Gasteiger partial charge in [0.2, 0.25) is 0 Å². The van der Waals surface area contributed by atoms with Gasteiger partial charge in [-0.2, -0.15) is 0 Å². The summed E-state index contributed by atoms with van der Waals surface area (Å²) in [6.07, 6.45) is 0.0781. The summed E-state index contributed by atoms with van der Waals surface area (Å²) in [5.74, 6) is 2.32. The zero-order chi connectivity index (χ0) is 15.0. The Bertz CT molecular complexity index is 429. The molecule has 0 aromatic heterocycles. The molecule has 1 aromatic rings. The predicted octanol–water partition coefficient (Wildman–Crippen LogP) is 2.58. The second-order valence-corrected chi connectivity index (χ2v) is 5.47. The van der Waals surface area contributed by atoms with E-state index in [1.54, 1.807) is 7.05 Å². The maximum absolute atomic E-state index is 5.87. The Morgan fingerprint density at radius 3 is 2.50 bits per heavy atom. The van der Waals surface area contributed by atoms with Crippen LogP contribution in [0.5, 0.6) is 5.75 Å². The molecule has 4 heteroatoms. The molecule has 20 heavy (non-hydrogen) atoms. The Morgan fingerprint density at radius 1 is 1.20 bits per heavy atom. The molecule has 0 saturated carbocycles. The molecule has 4 nitrogen and oxygen atoms in total. The van der Waals surface area contributed by atoms with Crippen LogP contribution in [0.3, 0.4) is 0 Å². The number of hydrogen-bond donors (Lipinski definition) is 2. The molecule has 0 heterocycles. The summed E-state index contributed by atoms with van der Waals surface area (Å²) in [6.45, 7) is 10.1. The fourth-order valence-corrected chi connectivity index (χ4v) is 1.72. The highest BCUT2D eigenvalue weighted by Crippen LogP contribution is 2.13. The van der Waals surface area contributed by atoms with E-state index in [0.717, 1.165) is 18.3 Å². The highest BCUT2D eigenvalue weighted by molar-refractivity contribution is 5.79. The zero-order valence-electron chi connectivity index (χ0n) is 13.2. The summed E-state index contributed by atoms with van der Waals surface area (Å²) >= 11 is 0. The monoisotopic (exact) mass is 277 g/mol. The summed E-state index contributed by atoms with van der Waals surface area (Å²) in [4.78, 5) is 4.19. The Balaban J connectivity index is 2.36. The molecule has 0 saturated heterocycles. The molecular weight excluding hydrogens is 250 g/mol. The van der Waals surface area contributed by atoms with Crippen LogP contribution in [-0.2, 0) is 0 Å². The molecule has 0 amide bonds. The highest BCUT2D eigenvalue weighted by atomic mass is 16.5. The van der Waals surface area contributed by atoms with Gasteiger partial charge in [0.25, 0.3) is 0 Å². The van der Waals surface area contributed by atoms with Gasteiger partial charge in [0.15, 0.2) is 5.96 Å². The minimum atomic E-state index is 0.0781. The first-order chi connectivity index (χ1) is 9.51. The van der Waals surface area contributed by atoms with Crippen LogP contribution in [0.4, 0.5) is 0 Å². The molecule has 1 atom stereocenters. The van der Waals surface area contributed by atoms with Crippen LogP contribution >= 0.6 is 0 Å². The molecule has 0 aliphatic heterocycles. The van der Waals surface area contributed by atoms with Gasteiger partial charge < -0.3 is 15.4 Å². The Kier molecular flexibility index (Phi) is 6.91. The predicted molar refractivity (Wildman–Crippen MR) is 85.5 cm³/mol. The van der Waals surface area contributed by atoms with Gasteiger partial charge in [-0.1, -0.05) is 26.0 Å². The van der Waals surface area contributed by atoms with E-state index >= 15 is 0 Å². The zero-order valence-corrected chi connectivity index (χ0v) is 13.2. The van der Waals surface area contributed by atoms with Crippen molar-refractivity contribution >= 4 is 5.96 Å².